The molecule has 4 heteroatoms. The third-order valence-electron chi connectivity index (χ3n) is 4.06. The number of piperidine rings is 1. The first-order valence-electron chi connectivity index (χ1n) is 6.84. The molecule has 1 aromatic rings. The van der Waals surface area contributed by atoms with E-state index in [1.54, 1.807) is 0 Å². The van der Waals surface area contributed by atoms with Gasteiger partial charge in [-0.1, -0.05) is 28.9 Å². The molecule has 0 aliphatic carbocycles. The van der Waals surface area contributed by atoms with E-state index in [9.17, 15) is 0 Å². The first-order chi connectivity index (χ1) is 9.15. The van der Waals surface area contributed by atoms with Crippen LogP contribution in [-0.2, 0) is 11.4 Å². The largest absolute Gasteiger partial charge is 0.389 e. The Labute approximate surface area is 119 Å². The molecule has 0 unspecified atom stereocenters. The molecule has 1 aromatic carbocycles. The minimum atomic E-state index is 0.000575. The maximum Gasteiger partial charge on any atom is 0.145 e. The Morgan fingerprint density at radius 1 is 1.26 bits per heavy atom. The van der Waals surface area contributed by atoms with Gasteiger partial charge in [-0.05, 0) is 24.6 Å². The van der Waals surface area contributed by atoms with Crippen LogP contribution in [0.5, 0.6) is 0 Å². The van der Waals surface area contributed by atoms with Crippen LogP contribution < -0.4 is 0 Å². The molecule has 3 nitrogen and oxygen atoms in total. The lowest BCUT2D eigenvalue weighted by atomic mass is 9.87. The fraction of sp³-hybridized carbons (Fsp3) is 0.533. The number of nitrogens with zero attached hydrogens (tertiary/aromatic N) is 2. The zero-order valence-corrected chi connectivity index (χ0v) is 12.0. The van der Waals surface area contributed by atoms with Gasteiger partial charge in [0.15, 0.2) is 0 Å². The van der Waals surface area contributed by atoms with E-state index >= 15 is 0 Å². The number of likely N-dealkylation sites (tertiary alicyclic amines) is 1. The average Bonchev–Trinajstić information content (AvgIpc) is 2.77. The summed E-state index contributed by atoms with van der Waals surface area (Å²) >= 11 is 5.91. The predicted molar refractivity (Wildman–Crippen MR) is 77.5 cm³/mol. The van der Waals surface area contributed by atoms with Gasteiger partial charge in [0.25, 0.3) is 0 Å². The summed E-state index contributed by atoms with van der Waals surface area (Å²) in [5.41, 5.74) is 2.45. The van der Waals surface area contributed by atoms with E-state index in [2.05, 4.69) is 29.1 Å². The van der Waals surface area contributed by atoms with Crippen LogP contribution in [0.3, 0.4) is 0 Å². The Bertz CT molecular complexity index is 475. The molecule has 0 amide bonds. The van der Waals surface area contributed by atoms with Gasteiger partial charge in [-0.15, -0.1) is 0 Å². The van der Waals surface area contributed by atoms with Gasteiger partial charge >= 0.3 is 0 Å². The predicted octanol–water partition coefficient (Wildman–Crippen LogP) is 3.47. The molecule has 0 N–H and O–H groups in total. The van der Waals surface area contributed by atoms with Gasteiger partial charge in [0.05, 0.1) is 5.71 Å². The summed E-state index contributed by atoms with van der Waals surface area (Å²) in [7, 11) is 0. The molecule has 1 spiro atoms. The quantitative estimate of drug-likeness (QED) is 0.827. The van der Waals surface area contributed by atoms with Crippen molar-refractivity contribution in [3.63, 3.8) is 0 Å². The first kappa shape index (κ1) is 12.9. The van der Waals surface area contributed by atoms with E-state index in [1.165, 1.54) is 5.56 Å². The van der Waals surface area contributed by atoms with Crippen molar-refractivity contribution in [1.29, 1.82) is 0 Å². The van der Waals surface area contributed by atoms with E-state index in [1.807, 2.05) is 12.1 Å². The second-order valence-electron chi connectivity index (χ2n) is 5.68. The monoisotopic (exact) mass is 278 g/mol. The molecule has 0 saturated carbocycles. The molecule has 0 aromatic heterocycles. The van der Waals surface area contributed by atoms with E-state index in [0.29, 0.717) is 0 Å². The van der Waals surface area contributed by atoms with Gasteiger partial charge in [-0.2, -0.15) is 0 Å². The third kappa shape index (κ3) is 2.93. The number of oxime groups is 1. The molecule has 1 fully saturated rings. The summed E-state index contributed by atoms with van der Waals surface area (Å²) in [6.07, 6.45) is 3.14. The van der Waals surface area contributed by atoms with Crippen molar-refractivity contribution in [3.8, 4) is 0 Å². The number of halogens is 1. The number of hydrogen-bond acceptors (Lipinski definition) is 3. The van der Waals surface area contributed by atoms with E-state index < -0.39 is 0 Å². The van der Waals surface area contributed by atoms with Crippen LogP contribution in [0.15, 0.2) is 29.4 Å². The standard InChI is InChI=1S/C15H19ClN2O/c1-12-10-15(19-17-12)6-8-18(9-7-15)11-13-2-4-14(16)5-3-13/h2-5H,6-11H2,1H3. The second kappa shape index (κ2) is 5.14. The Balaban J connectivity index is 1.55. The van der Waals surface area contributed by atoms with E-state index in [-0.39, 0.29) is 5.60 Å². The summed E-state index contributed by atoms with van der Waals surface area (Å²) in [5.74, 6) is 0. The van der Waals surface area contributed by atoms with Crippen molar-refractivity contribution in [3.05, 3.63) is 34.9 Å². The molecule has 2 heterocycles. The Morgan fingerprint density at radius 3 is 2.53 bits per heavy atom. The van der Waals surface area contributed by atoms with E-state index in [0.717, 1.165) is 49.6 Å². The zero-order chi connectivity index (χ0) is 13.3. The van der Waals surface area contributed by atoms with E-state index in [4.69, 9.17) is 16.4 Å². The summed E-state index contributed by atoms with van der Waals surface area (Å²) in [6, 6.07) is 8.12. The van der Waals surface area contributed by atoms with Gasteiger partial charge in [0.2, 0.25) is 0 Å². The first-order valence-corrected chi connectivity index (χ1v) is 7.22. The molecule has 0 atom stereocenters. The smallest absolute Gasteiger partial charge is 0.145 e. The minimum Gasteiger partial charge on any atom is -0.389 e. The Kier molecular flexibility index (Phi) is 3.50. The second-order valence-corrected chi connectivity index (χ2v) is 6.12. The summed E-state index contributed by atoms with van der Waals surface area (Å²) in [6.45, 7) is 5.19. The molecule has 0 radical (unpaired) electrons. The van der Waals surface area contributed by atoms with Crippen LogP contribution in [0.25, 0.3) is 0 Å². The third-order valence-corrected chi connectivity index (χ3v) is 4.31. The summed E-state index contributed by atoms with van der Waals surface area (Å²) in [4.78, 5) is 8.13. The maximum atomic E-state index is 5.91. The number of hydrogen-bond donors (Lipinski definition) is 0. The molecule has 19 heavy (non-hydrogen) atoms. The van der Waals surface area contributed by atoms with Gasteiger partial charge in [-0.25, -0.2) is 0 Å². The zero-order valence-electron chi connectivity index (χ0n) is 11.2. The fourth-order valence-electron chi connectivity index (χ4n) is 2.94. The lowest BCUT2D eigenvalue weighted by Gasteiger charge is -2.37. The highest BCUT2D eigenvalue weighted by atomic mass is 35.5. The highest BCUT2D eigenvalue weighted by molar-refractivity contribution is 6.30. The SMILES string of the molecule is CC1=NOC2(CCN(Cc3ccc(Cl)cc3)CC2)C1. The van der Waals surface area contributed by atoms with Crippen LogP contribution in [0.1, 0.15) is 31.7 Å². The van der Waals surface area contributed by atoms with Gasteiger partial charge < -0.3 is 4.84 Å². The molecular formula is C15H19ClN2O. The van der Waals surface area contributed by atoms with Crippen molar-refractivity contribution in [2.45, 2.75) is 38.3 Å². The molecule has 2 aliphatic heterocycles. The highest BCUT2D eigenvalue weighted by Gasteiger charge is 2.40. The molecule has 102 valence electrons. The Hall–Kier alpha value is -1.06. The Morgan fingerprint density at radius 2 is 1.95 bits per heavy atom. The van der Waals surface area contributed by atoms with Crippen LogP contribution in [0, 0.1) is 0 Å². The topological polar surface area (TPSA) is 24.8 Å². The van der Waals surface area contributed by atoms with Gasteiger partial charge in [-0.3, -0.25) is 4.90 Å². The lowest BCUT2D eigenvalue weighted by molar-refractivity contribution is -0.0627. The highest BCUT2D eigenvalue weighted by Crippen LogP contribution is 2.34. The lowest BCUT2D eigenvalue weighted by Crippen LogP contribution is -2.44. The number of benzene rings is 1. The van der Waals surface area contributed by atoms with Crippen LogP contribution in [-0.4, -0.2) is 29.3 Å². The van der Waals surface area contributed by atoms with Crippen molar-refractivity contribution in [2.24, 2.45) is 5.16 Å². The van der Waals surface area contributed by atoms with Crippen LogP contribution in [0.2, 0.25) is 5.02 Å². The molecule has 3 rings (SSSR count). The van der Waals surface area contributed by atoms with Crippen molar-refractivity contribution in [1.82, 2.24) is 4.90 Å². The molecular weight excluding hydrogens is 260 g/mol. The fourth-order valence-corrected chi connectivity index (χ4v) is 3.07. The molecule has 2 aliphatic rings. The summed E-state index contributed by atoms with van der Waals surface area (Å²) in [5, 5.41) is 4.91. The van der Waals surface area contributed by atoms with Crippen molar-refractivity contribution in [2.75, 3.05) is 13.1 Å². The van der Waals surface area contributed by atoms with Gasteiger partial charge in [0.1, 0.15) is 5.60 Å². The number of rotatable bonds is 2. The normalized spacial score (nSPS) is 22.3. The summed E-state index contributed by atoms with van der Waals surface area (Å²) < 4.78 is 0. The van der Waals surface area contributed by atoms with Crippen LogP contribution >= 0.6 is 11.6 Å². The molecule has 0 bridgehead atoms. The van der Waals surface area contributed by atoms with Crippen molar-refractivity contribution < 1.29 is 4.84 Å². The van der Waals surface area contributed by atoms with Crippen molar-refractivity contribution >= 4 is 17.3 Å². The van der Waals surface area contributed by atoms with Gasteiger partial charge in [0, 0.05) is 43.9 Å². The minimum absolute atomic E-state index is 0.000575. The molecule has 1 saturated heterocycles. The van der Waals surface area contributed by atoms with Crippen LogP contribution in [0.4, 0.5) is 0 Å². The maximum absolute atomic E-state index is 5.91. The average molecular weight is 279 g/mol.